The first-order valence-corrected chi connectivity index (χ1v) is 6.94. The van der Waals surface area contributed by atoms with Gasteiger partial charge in [-0.3, -0.25) is 0 Å². The van der Waals surface area contributed by atoms with E-state index in [1.165, 1.54) is 32.1 Å². The van der Waals surface area contributed by atoms with Crippen LogP contribution < -0.4 is 5.32 Å². The Labute approximate surface area is 112 Å². The fraction of sp³-hybridized carbons (Fsp3) is 0.533. The van der Waals surface area contributed by atoms with E-state index in [-0.39, 0.29) is 0 Å². The lowest BCUT2D eigenvalue weighted by atomic mass is 10.2. The van der Waals surface area contributed by atoms with Crippen molar-refractivity contribution in [2.75, 3.05) is 5.32 Å². The lowest BCUT2D eigenvalue weighted by molar-refractivity contribution is 0.656. The molecule has 0 radical (unpaired) electrons. The van der Waals surface area contributed by atoms with E-state index in [9.17, 15) is 0 Å². The van der Waals surface area contributed by atoms with Crippen molar-refractivity contribution < 1.29 is 0 Å². The lowest BCUT2D eigenvalue weighted by Crippen LogP contribution is -2.02. The van der Waals surface area contributed by atoms with Crippen molar-refractivity contribution in [3.05, 3.63) is 30.3 Å². The van der Waals surface area contributed by atoms with E-state index in [4.69, 9.17) is 12.2 Å². The van der Waals surface area contributed by atoms with Crippen LogP contribution in [-0.2, 0) is 0 Å². The maximum Gasteiger partial charge on any atom is 0.0765 e. The van der Waals surface area contributed by atoms with Gasteiger partial charge in [-0.25, -0.2) is 0 Å². The molecule has 0 aliphatic carbocycles. The van der Waals surface area contributed by atoms with Crippen molar-refractivity contribution in [1.29, 1.82) is 0 Å². The Morgan fingerprint density at radius 3 is 1.94 bits per heavy atom. The molecule has 17 heavy (non-hydrogen) atoms. The molecule has 1 rings (SSSR count). The van der Waals surface area contributed by atoms with Gasteiger partial charge in [-0.1, -0.05) is 76.4 Å². The number of para-hydroxylation sites is 1. The van der Waals surface area contributed by atoms with Crippen LogP contribution in [0.1, 0.15) is 52.9 Å². The lowest BCUT2D eigenvalue weighted by Gasteiger charge is -2.00. The Morgan fingerprint density at radius 2 is 1.53 bits per heavy atom. The third kappa shape index (κ3) is 11.4. The van der Waals surface area contributed by atoms with Crippen molar-refractivity contribution in [1.82, 2.24) is 0 Å². The normalized spacial score (nSPS) is 9.12. The SMILES string of the molecule is CC(=S)Nc1ccccc1.CCCCCCC. The van der Waals surface area contributed by atoms with Crippen molar-refractivity contribution in [3.8, 4) is 0 Å². The number of hydrogen-bond acceptors (Lipinski definition) is 1. The third-order valence-corrected chi connectivity index (χ3v) is 2.40. The van der Waals surface area contributed by atoms with E-state index >= 15 is 0 Å². The molecule has 0 unspecified atom stereocenters. The standard InChI is InChI=1S/C8H9NS.C7H16/c1-7(10)9-8-5-3-2-4-6-8;1-3-5-7-6-4-2/h2-6H,1H3,(H,9,10);3-7H2,1-2H3. The van der Waals surface area contributed by atoms with Gasteiger partial charge in [-0.05, 0) is 19.1 Å². The number of anilines is 1. The molecule has 0 aromatic heterocycles. The van der Waals surface area contributed by atoms with Crippen LogP contribution in [0.2, 0.25) is 0 Å². The van der Waals surface area contributed by atoms with Crippen LogP contribution in [0.4, 0.5) is 5.69 Å². The molecule has 0 spiro atoms. The highest BCUT2D eigenvalue weighted by molar-refractivity contribution is 7.80. The smallest absolute Gasteiger partial charge is 0.0765 e. The van der Waals surface area contributed by atoms with Gasteiger partial charge in [0.05, 0.1) is 4.99 Å². The van der Waals surface area contributed by atoms with Crippen molar-refractivity contribution in [2.24, 2.45) is 0 Å². The predicted octanol–water partition coefficient (Wildman–Crippen LogP) is 5.42. The number of hydrogen-bond donors (Lipinski definition) is 1. The van der Waals surface area contributed by atoms with Crippen LogP contribution in [0.5, 0.6) is 0 Å². The van der Waals surface area contributed by atoms with Crippen molar-refractivity contribution >= 4 is 22.9 Å². The van der Waals surface area contributed by atoms with Gasteiger partial charge in [-0.15, -0.1) is 0 Å². The second kappa shape index (κ2) is 11.6. The minimum absolute atomic E-state index is 0.797. The largest absolute Gasteiger partial charge is 0.350 e. The van der Waals surface area contributed by atoms with Crippen LogP contribution in [0.25, 0.3) is 0 Å². The van der Waals surface area contributed by atoms with E-state index in [2.05, 4.69) is 19.2 Å². The molecule has 0 amide bonds. The molecule has 0 atom stereocenters. The Hall–Kier alpha value is -0.890. The molecule has 2 heteroatoms. The minimum atomic E-state index is 0.797. The molecular weight excluding hydrogens is 226 g/mol. The molecular formula is C15H25NS. The van der Waals surface area contributed by atoms with Gasteiger partial charge >= 0.3 is 0 Å². The molecule has 1 nitrogen and oxygen atoms in total. The zero-order chi connectivity index (χ0) is 12.9. The average molecular weight is 251 g/mol. The summed E-state index contributed by atoms with van der Waals surface area (Å²) in [7, 11) is 0. The van der Waals surface area contributed by atoms with Crippen LogP contribution in [-0.4, -0.2) is 4.99 Å². The fourth-order valence-electron chi connectivity index (χ4n) is 1.40. The number of benzene rings is 1. The summed E-state index contributed by atoms with van der Waals surface area (Å²) in [5.74, 6) is 0. The Kier molecular flexibility index (Phi) is 11.0. The molecule has 0 aliphatic rings. The Balaban J connectivity index is 0.000000325. The van der Waals surface area contributed by atoms with Gasteiger partial charge in [-0.2, -0.15) is 0 Å². The molecule has 1 aromatic carbocycles. The first kappa shape index (κ1) is 16.1. The first-order valence-electron chi connectivity index (χ1n) is 6.53. The van der Waals surface area contributed by atoms with Gasteiger partial charge in [0.15, 0.2) is 0 Å². The Morgan fingerprint density at radius 1 is 1.00 bits per heavy atom. The molecule has 96 valence electrons. The molecule has 1 N–H and O–H groups in total. The van der Waals surface area contributed by atoms with Crippen LogP contribution >= 0.6 is 12.2 Å². The highest BCUT2D eigenvalue weighted by atomic mass is 32.1. The fourth-order valence-corrected chi connectivity index (χ4v) is 1.52. The van der Waals surface area contributed by atoms with Crippen molar-refractivity contribution in [3.63, 3.8) is 0 Å². The summed E-state index contributed by atoms with van der Waals surface area (Å²) in [5, 5.41) is 3.04. The first-order chi connectivity index (χ1) is 8.20. The summed E-state index contributed by atoms with van der Waals surface area (Å²) in [4.78, 5) is 0.797. The summed E-state index contributed by atoms with van der Waals surface area (Å²) >= 11 is 4.87. The monoisotopic (exact) mass is 251 g/mol. The third-order valence-electron chi connectivity index (χ3n) is 2.30. The topological polar surface area (TPSA) is 12.0 Å². The molecule has 0 fully saturated rings. The Bertz CT molecular complexity index is 278. The van der Waals surface area contributed by atoms with E-state index in [0.29, 0.717) is 0 Å². The summed E-state index contributed by atoms with van der Waals surface area (Å²) in [6.07, 6.45) is 7.01. The molecule has 0 heterocycles. The van der Waals surface area contributed by atoms with Crippen LogP contribution in [0.15, 0.2) is 30.3 Å². The van der Waals surface area contributed by atoms with Gasteiger partial charge in [0.25, 0.3) is 0 Å². The quantitative estimate of drug-likeness (QED) is 0.553. The van der Waals surface area contributed by atoms with E-state index in [0.717, 1.165) is 10.7 Å². The second-order valence-corrected chi connectivity index (χ2v) is 4.72. The summed E-state index contributed by atoms with van der Waals surface area (Å²) in [6.45, 7) is 6.35. The minimum Gasteiger partial charge on any atom is -0.350 e. The van der Waals surface area contributed by atoms with Crippen LogP contribution in [0, 0.1) is 0 Å². The molecule has 0 aliphatic heterocycles. The number of thiocarbonyl (C=S) groups is 1. The number of nitrogens with one attached hydrogen (secondary N) is 1. The highest BCUT2D eigenvalue weighted by Crippen LogP contribution is 2.04. The van der Waals surface area contributed by atoms with E-state index in [1.807, 2.05) is 37.3 Å². The number of rotatable bonds is 5. The van der Waals surface area contributed by atoms with E-state index in [1.54, 1.807) is 0 Å². The summed E-state index contributed by atoms with van der Waals surface area (Å²) in [5.41, 5.74) is 1.05. The van der Waals surface area contributed by atoms with Crippen molar-refractivity contribution in [2.45, 2.75) is 52.9 Å². The summed E-state index contributed by atoms with van der Waals surface area (Å²) in [6, 6.07) is 9.89. The molecule has 0 bridgehead atoms. The van der Waals surface area contributed by atoms with Crippen LogP contribution in [0.3, 0.4) is 0 Å². The number of unbranched alkanes of at least 4 members (excludes halogenated alkanes) is 4. The maximum absolute atomic E-state index is 4.87. The van der Waals surface area contributed by atoms with Gasteiger partial charge in [0, 0.05) is 5.69 Å². The molecule has 0 saturated carbocycles. The summed E-state index contributed by atoms with van der Waals surface area (Å²) < 4.78 is 0. The predicted molar refractivity (Wildman–Crippen MR) is 82.8 cm³/mol. The molecule has 1 aromatic rings. The highest BCUT2D eigenvalue weighted by Gasteiger charge is 1.87. The molecule has 0 saturated heterocycles. The zero-order valence-corrected chi connectivity index (χ0v) is 12.1. The average Bonchev–Trinajstić information content (AvgIpc) is 2.31. The second-order valence-electron chi connectivity index (χ2n) is 4.11. The zero-order valence-electron chi connectivity index (χ0n) is 11.3. The maximum atomic E-state index is 4.87. The van der Waals surface area contributed by atoms with Gasteiger partial charge in [0.1, 0.15) is 0 Å². The van der Waals surface area contributed by atoms with Gasteiger partial charge in [0.2, 0.25) is 0 Å². The van der Waals surface area contributed by atoms with E-state index < -0.39 is 0 Å². The van der Waals surface area contributed by atoms with Gasteiger partial charge < -0.3 is 5.32 Å².